The molecular formula is C30H15F10O2Sb. The second-order valence-corrected chi connectivity index (χ2v) is 19.9. The summed E-state index contributed by atoms with van der Waals surface area (Å²) in [5.41, 5.74) is 0. The van der Waals surface area contributed by atoms with Crippen LogP contribution in [0.1, 0.15) is 0 Å². The topological polar surface area (TPSA) is 18.5 Å². The fourth-order valence-electron chi connectivity index (χ4n) is 4.56. The SMILES string of the molecule is Fc1c(F)c(F)c([O][Sb]([O]c2c(F)c(F)c(F)c(F)c2F)([c]2ccccc2)([c]2ccccc2)[c]2ccccc2)c(F)c1F. The van der Waals surface area contributed by atoms with Crippen LogP contribution in [0.25, 0.3) is 0 Å². The molecule has 0 radical (unpaired) electrons. The molecule has 5 aromatic carbocycles. The molecule has 43 heavy (non-hydrogen) atoms. The average molecular weight is 719 g/mol. The van der Waals surface area contributed by atoms with E-state index >= 15 is 17.6 Å². The fraction of sp³-hybridized carbons (Fsp3) is 0. The van der Waals surface area contributed by atoms with Gasteiger partial charge in [-0.2, -0.15) is 0 Å². The van der Waals surface area contributed by atoms with Gasteiger partial charge in [0.05, 0.1) is 0 Å². The van der Waals surface area contributed by atoms with Gasteiger partial charge in [-0.3, -0.25) is 0 Å². The zero-order chi connectivity index (χ0) is 31.1. The molecule has 0 unspecified atom stereocenters. The Labute approximate surface area is 238 Å². The maximum absolute atomic E-state index is 15.3. The van der Waals surface area contributed by atoms with Crippen molar-refractivity contribution in [1.29, 1.82) is 0 Å². The molecule has 0 spiro atoms. The molecule has 0 aliphatic rings. The van der Waals surface area contributed by atoms with E-state index in [0.717, 1.165) is 0 Å². The molecule has 0 fully saturated rings. The van der Waals surface area contributed by atoms with Gasteiger partial charge in [0.15, 0.2) is 0 Å². The fourth-order valence-corrected chi connectivity index (χ4v) is 18.0. The van der Waals surface area contributed by atoms with Gasteiger partial charge in [-0.15, -0.1) is 0 Å². The summed E-state index contributed by atoms with van der Waals surface area (Å²) in [4.78, 5) is 0. The van der Waals surface area contributed by atoms with Crippen molar-refractivity contribution in [2.75, 3.05) is 0 Å². The van der Waals surface area contributed by atoms with Crippen molar-refractivity contribution in [1.82, 2.24) is 0 Å². The van der Waals surface area contributed by atoms with Gasteiger partial charge in [-0.25, -0.2) is 0 Å². The van der Waals surface area contributed by atoms with Gasteiger partial charge in [0, 0.05) is 0 Å². The quantitative estimate of drug-likeness (QED) is 0.0813. The van der Waals surface area contributed by atoms with E-state index in [0.29, 0.717) is 0 Å². The van der Waals surface area contributed by atoms with Crippen LogP contribution in [-0.2, 0) is 0 Å². The molecule has 222 valence electrons. The first-order chi connectivity index (χ1) is 20.4. The molecule has 0 heterocycles. The van der Waals surface area contributed by atoms with Crippen LogP contribution in [0.15, 0.2) is 91.0 Å². The van der Waals surface area contributed by atoms with E-state index in [1.807, 2.05) is 0 Å². The minimum absolute atomic E-state index is 0.249. The zero-order valence-corrected chi connectivity index (χ0v) is 23.8. The molecular weight excluding hydrogens is 704 g/mol. The Hall–Kier alpha value is -4.18. The predicted octanol–water partition coefficient (Wildman–Crippen LogP) is 6.65. The third-order valence-electron chi connectivity index (χ3n) is 6.55. The van der Waals surface area contributed by atoms with Crippen LogP contribution in [0.5, 0.6) is 11.5 Å². The average Bonchev–Trinajstić information content (AvgIpc) is 3.05. The summed E-state index contributed by atoms with van der Waals surface area (Å²) in [5.74, 6) is -28.5. The summed E-state index contributed by atoms with van der Waals surface area (Å²) in [7, 11) is 0. The van der Waals surface area contributed by atoms with E-state index in [2.05, 4.69) is 0 Å². The maximum atomic E-state index is 15.3. The molecule has 5 aromatic rings. The molecule has 0 aliphatic carbocycles. The monoisotopic (exact) mass is 718 g/mol. The zero-order valence-electron chi connectivity index (χ0n) is 21.2. The van der Waals surface area contributed by atoms with Gasteiger partial charge in [0.1, 0.15) is 0 Å². The van der Waals surface area contributed by atoms with E-state index in [-0.39, 0.29) is 10.5 Å². The van der Waals surface area contributed by atoms with Crippen LogP contribution < -0.4 is 16.6 Å². The van der Waals surface area contributed by atoms with Crippen molar-refractivity contribution in [2.45, 2.75) is 0 Å². The Morgan fingerprint density at radius 2 is 0.512 bits per heavy atom. The number of benzene rings is 5. The van der Waals surface area contributed by atoms with Crippen LogP contribution in [-0.4, -0.2) is 18.2 Å². The minimum atomic E-state index is -7.38. The number of hydrogen-bond acceptors (Lipinski definition) is 2. The first-order valence-corrected chi connectivity index (χ1v) is 18.0. The van der Waals surface area contributed by atoms with Crippen molar-refractivity contribution >= 4 is 28.8 Å². The molecule has 0 saturated heterocycles. The first-order valence-electron chi connectivity index (χ1n) is 12.1. The van der Waals surface area contributed by atoms with Gasteiger partial charge < -0.3 is 0 Å². The molecule has 2 nitrogen and oxygen atoms in total. The summed E-state index contributed by atoms with van der Waals surface area (Å²) in [6, 6.07) is 19.6. The van der Waals surface area contributed by atoms with Crippen LogP contribution in [0.3, 0.4) is 0 Å². The van der Waals surface area contributed by atoms with Gasteiger partial charge in [0.25, 0.3) is 0 Å². The van der Waals surface area contributed by atoms with E-state index in [1.54, 1.807) is 0 Å². The summed E-state index contributed by atoms with van der Waals surface area (Å²) in [6.45, 7) is 0. The Bertz CT molecular complexity index is 1600. The van der Waals surface area contributed by atoms with Crippen molar-refractivity contribution in [3.8, 4) is 11.5 Å². The van der Waals surface area contributed by atoms with Crippen molar-refractivity contribution in [2.24, 2.45) is 0 Å². The van der Waals surface area contributed by atoms with Crippen LogP contribution in [0.2, 0.25) is 0 Å². The molecule has 0 aromatic heterocycles. The first kappa shape index (κ1) is 30.3. The van der Waals surface area contributed by atoms with E-state index in [9.17, 15) is 26.3 Å². The van der Waals surface area contributed by atoms with E-state index in [1.165, 1.54) is 91.0 Å². The molecule has 0 aliphatic heterocycles. The number of hydrogen-bond donors (Lipinski definition) is 0. The van der Waals surface area contributed by atoms with Gasteiger partial charge >= 0.3 is 239 Å². The summed E-state index contributed by atoms with van der Waals surface area (Å²) in [5, 5.41) is 0. The molecule has 0 saturated carbocycles. The number of rotatable bonds is 7. The van der Waals surface area contributed by atoms with Gasteiger partial charge in [0.2, 0.25) is 0 Å². The Kier molecular flexibility index (Phi) is 7.85. The molecule has 5 rings (SSSR count). The van der Waals surface area contributed by atoms with Crippen LogP contribution in [0, 0.1) is 58.2 Å². The molecule has 0 bridgehead atoms. The molecule has 0 N–H and O–H groups in total. The van der Waals surface area contributed by atoms with Crippen molar-refractivity contribution in [3.05, 3.63) is 149 Å². The third kappa shape index (κ3) is 4.50. The second-order valence-electron chi connectivity index (χ2n) is 8.94. The van der Waals surface area contributed by atoms with Gasteiger partial charge in [-0.1, -0.05) is 0 Å². The molecule has 13 heteroatoms. The van der Waals surface area contributed by atoms with Crippen molar-refractivity contribution in [3.63, 3.8) is 0 Å². The van der Waals surface area contributed by atoms with Crippen LogP contribution >= 0.6 is 0 Å². The standard InChI is InChI=1S/2C6HF5O.3C6H5.Sb/c2*7-1-2(8)4(10)6(12)5(11)3(1)9;3*1-2-4-6-5-3-1;/h2*12H;3*1-5H;/q;;;;;+2/p-2. The van der Waals surface area contributed by atoms with Crippen molar-refractivity contribution < 1.29 is 49.9 Å². The Morgan fingerprint density at radius 1 is 0.302 bits per heavy atom. The molecule has 0 atom stereocenters. The van der Waals surface area contributed by atoms with E-state index in [4.69, 9.17) is 6.03 Å². The van der Waals surface area contributed by atoms with Crippen LogP contribution in [0.4, 0.5) is 43.9 Å². The summed E-state index contributed by atoms with van der Waals surface area (Å²) < 4.78 is 159. The molecule has 0 amide bonds. The third-order valence-corrected chi connectivity index (χ3v) is 20.2. The Morgan fingerprint density at radius 3 is 0.744 bits per heavy atom. The predicted molar refractivity (Wildman–Crippen MR) is 138 cm³/mol. The normalized spacial score (nSPS) is 12.5. The van der Waals surface area contributed by atoms with E-state index < -0.39 is 87.9 Å². The Balaban J connectivity index is 2.07. The summed E-state index contributed by atoms with van der Waals surface area (Å²) in [6.07, 6.45) is 0. The summed E-state index contributed by atoms with van der Waals surface area (Å²) >= 11 is -7.38. The van der Waals surface area contributed by atoms with Gasteiger partial charge in [-0.05, 0) is 0 Å². The second kappa shape index (κ2) is 11.1. The number of halogens is 10.